The molecule has 0 aliphatic carbocycles. The van der Waals surface area contributed by atoms with Crippen molar-refractivity contribution in [2.75, 3.05) is 18.9 Å². The Labute approximate surface area is 216 Å². The minimum absolute atomic E-state index is 0.0295. The quantitative estimate of drug-likeness (QED) is 0.332. The average Bonchev–Trinajstić information content (AvgIpc) is 3.31. The molecule has 0 fully saturated rings. The number of para-hydroxylation sites is 1. The fourth-order valence-corrected chi connectivity index (χ4v) is 4.66. The molecule has 4 aromatic rings. The number of rotatable bonds is 10. The Balaban J connectivity index is 1.82. The Bertz CT molecular complexity index is 1470. The number of aryl methyl sites for hydroxylation is 2. The van der Waals surface area contributed by atoms with E-state index >= 15 is 0 Å². The standard InChI is InChI=1S/C25H29N7O4S/c1-6-18-9-7-10-19(28-18)24-29-30-25(32(24)23-20(35-4)11-8-12-21(23)36-5)31-37(33,34)17(3)13-22-26-14-16(2)15-27-22/h7-12,14-15,17H,6,13H2,1-5H3,(H,30,31)/t17-/m1/s1. The van der Waals surface area contributed by atoms with Gasteiger partial charge in [-0.1, -0.05) is 19.1 Å². The van der Waals surface area contributed by atoms with Gasteiger partial charge in [0.2, 0.25) is 16.0 Å². The van der Waals surface area contributed by atoms with Crippen molar-refractivity contribution in [3.63, 3.8) is 0 Å². The third-order valence-corrected chi connectivity index (χ3v) is 7.45. The summed E-state index contributed by atoms with van der Waals surface area (Å²) in [7, 11) is -0.889. The van der Waals surface area contributed by atoms with E-state index < -0.39 is 15.3 Å². The first kappa shape index (κ1) is 26.0. The van der Waals surface area contributed by atoms with Gasteiger partial charge in [0.25, 0.3) is 0 Å². The van der Waals surface area contributed by atoms with Crippen LogP contribution in [0.5, 0.6) is 11.5 Å². The Morgan fingerprint density at radius 1 is 1.00 bits per heavy atom. The summed E-state index contributed by atoms with van der Waals surface area (Å²) in [5.74, 6) is 1.60. The molecule has 1 aromatic carbocycles. The van der Waals surface area contributed by atoms with Crippen LogP contribution in [0.4, 0.5) is 5.95 Å². The molecule has 37 heavy (non-hydrogen) atoms. The molecule has 1 atom stereocenters. The SMILES string of the molecule is CCc1cccc(-c2nnc(NS(=O)(=O)[C@H](C)Cc3ncc(C)cn3)n2-c2c(OC)cccc2OC)n1. The van der Waals surface area contributed by atoms with Crippen molar-refractivity contribution >= 4 is 16.0 Å². The zero-order chi connectivity index (χ0) is 26.6. The summed E-state index contributed by atoms with van der Waals surface area (Å²) in [6, 6.07) is 10.8. The van der Waals surface area contributed by atoms with Gasteiger partial charge in [-0.05, 0) is 50.1 Å². The van der Waals surface area contributed by atoms with Crippen LogP contribution in [0.25, 0.3) is 17.2 Å². The van der Waals surface area contributed by atoms with Crippen molar-refractivity contribution < 1.29 is 17.9 Å². The van der Waals surface area contributed by atoms with Gasteiger partial charge >= 0.3 is 0 Å². The molecule has 12 heteroatoms. The maximum Gasteiger partial charge on any atom is 0.243 e. The second-order valence-electron chi connectivity index (χ2n) is 8.40. The maximum atomic E-state index is 13.4. The topological polar surface area (TPSA) is 134 Å². The lowest BCUT2D eigenvalue weighted by Crippen LogP contribution is -2.29. The van der Waals surface area contributed by atoms with E-state index in [-0.39, 0.29) is 12.4 Å². The van der Waals surface area contributed by atoms with E-state index in [1.807, 2.05) is 26.0 Å². The summed E-state index contributed by atoms with van der Waals surface area (Å²) >= 11 is 0. The van der Waals surface area contributed by atoms with Gasteiger partial charge in [-0.15, -0.1) is 10.2 Å². The summed E-state index contributed by atoms with van der Waals surface area (Å²) in [6.45, 7) is 5.45. The molecular weight excluding hydrogens is 494 g/mol. The molecule has 0 aliphatic heterocycles. The van der Waals surface area contributed by atoms with E-state index in [9.17, 15) is 8.42 Å². The molecule has 4 rings (SSSR count). The van der Waals surface area contributed by atoms with E-state index in [0.717, 1.165) is 17.7 Å². The van der Waals surface area contributed by atoms with Gasteiger partial charge in [0.1, 0.15) is 28.7 Å². The Morgan fingerprint density at radius 3 is 2.27 bits per heavy atom. The molecular formula is C25H29N7O4S. The molecule has 0 saturated carbocycles. The van der Waals surface area contributed by atoms with E-state index in [1.54, 1.807) is 48.1 Å². The predicted octanol–water partition coefficient (Wildman–Crippen LogP) is 3.38. The van der Waals surface area contributed by atoms with Crippen molar-refractivity contribution in [2.24, 2.45) is 0 Å². The number of benzene rings is 1. The number of nitrogens with one attached hydrogen (secondary N) is 1. The zero-order valence-corrected chi connectivity index (χ0v) is 22.2. The number of pyridine rings is 1. The number of aromatic nitrogens is 6. The van der Waals surface area contributed by atoms with Crippen molar-refractivity contribution in [3.8, 4) is 28.7 Å². The predicted molar refractivity (Wildman–Crippen MR) is 140 cm³/mol. The van der Waals surface area contributed by atoms with Gasteiger partial charge < -0.3 is 9.47 Å². The average molecular weight is 524 g/mol. The molecule has 0 radical (unpaired) electrons. The maximum absolute atomic E-state index is 13.4. The molecule has 3 heterocycles. The minimum Gasteiger partial charge on any atom is -0.494 e. The first-order valence-electron chi connectivity index (χ1n) is 11.7. The zero-order valence-electron chi connectivity index (χ0n) is 21.3. The Morgan fingerprint density at radius 2 is 1.65 bits per heavy atom. The van der Waals surface area contributed by atoms with E-state index in [4.69, 9.17) is 9.47 Å². The molecule has 0 saturated heterocycles. The highest BCUT2D eigenvalue weighted by atomic mass is 32.2. The van der Waals surface area contributed by atoms with Gasteiger partial charge in [0, 0.05) is 24.5 Å². The Hall–Kier alpha value is -4.06. The van der Waals surface area contributed by atoms with Gasteiger partial charge in [-0.3, -0.25) is 9.29 Å². The summed E-state index contributed by atoms with van der Waals surface area (Å²) in [4.78, 5) is 13.1. The third kappa shape index (κ3) is 5.53. The molecule has 194 valence electrons. The highest BCUT2D eigenvalue weighted by Gasteiger charge is 2.29. The van der Waals surface area contributed by atoms with Crippen LogP contribution in [0.1, 0.15) is 30.9 Å². The Kier molecular flexibility index (Phi) is 7.67. The highest BCUT2D eigenvalue weighted by molar-refractivity contribution is 7.93. The fourth-order valence-electron chi connectivity index (χ4n) is 3.70. The number of sulfonamides is 1. The van der Waals surface area contributed by atoms with Crippen LogP contribution in [-0.2, 0) is 22.9 Å². The fraction of sp³-hybridized carbons (Fsp3) is 0.320. The second kappa shape index (κ2) is 10.9. The van der Waals surface area contributed by atoms with Crippen molar-refractivity contribution in [1.82, 2.24) is 29.7 Å². The molecule has 1 N–H and O–H groups in total. The van der Waals surface area contributed by atoms with Gasteiger partial charge in [-0.2, -0.15) is 0 Å². The number of anilines is 1. The summed E-state index contributed by atoms with van der Waals surface area (Å²) < 4.78 is 42.1. The van der Waals surface area contributed by atoms with Crippen LogP contribution in [0, 0.1) is 6.92 Å². The molecule has 11 nitrogen and oxygen atoms in total. The third-order valence-electron chi connectivity index (χ3n) is 5.75. The lowest BCUT2D eigenvalue weighted by atomic mass is 10.2. The van der Waals surface area contributed by atoms with Crippen LogP contribution in [0.15, 0.2) is 48.8 Å². The van der Waals surface area contributed by atoms with Crippen LogP contribution in [0.2, 0.25) is 0 Å². The molecule has 0 unspecified atom stereocenters. The van der Waals surface area contributed by atoms with Gasteiger partial charge in [0.15, 0.2) is 5.82 Å². The highest BCUT2D eigenvalue weighted by Crippen LogP contribution is 2.37. The lowest BCUT2D eigenvalue weighted by Gasteiger charge is -2.19. The molecule has 0 spiro atoms. The van der Waals surface area contributed by atoms with Gasteiger partial charge in [0.05, 0.1) is 19.5 Å². The van der Waals surface area contributed by atoms with Crippen LogP contribution < -0.4 is 14.2 Å². The van der Waals surface area contributed by atoms with E-state index in [2.05, 4.69) is 29.9 Å². The largest absolute Gasteiger partial charge is 0.494 e. The van der Waals surface area contributed by atoms with Crippen molar-refractivity contribution in [3.05, 3.63) is 65.9 Å². The number of methoxy groups -OCH3 is 2. The van der Waals surface area contributed by atoms with Crippen molar-refractivity contribution in [1.29, 1.82) is 0 Å². The summed E-state index contributed by atoms with van der Waals surface area (Å²) in [5, 5.41) is 7.66. The van der Waals surface area contributed by atoms with Crippen LogP contribution in [0.3, 0.4) is 0 Å². The summed E-state index contributed by atoms with van der Waals surface area (Å²) in [6.07, 6.45) is 4.15. The number of hydrogen-bond acceptors (Lipinski definition) is 9. The number of ether oxygens (including phenoxy) is 2. The first-order valence-corrected chi connectivity index (χ1v) is 13.2. The molecule has 3 aromatic heterocycles. The summed E-state index contributed by atoms with van der Waals surface area (Å²) in [5.41, 5.74) is 2.70. The number of nitrogens with zero attached hydrogens (tertiary/aromatic N) is 6. The number of hydrogen-bond donors (Lipinski definition) is 1. The molecule has 0 aliphatic rings. The smallest absolute Gasteiger partial charge is 0.243 e. The van der Waals surface area contributed by atoms with Crippen molar-refractivity contribution in [2.45, 2.75) is 38.9 Å². The monoisotopic (exact) mass is 523 g/mol. The second-order valence-corrected chi connectivity index (χ2v) is 10.5. The normalized spacial score (nSPS) is 12.2. The molecule has 0 amide bonds. The lowest BCUT2D eigenvalue weighted by molar-refractivity contribution is 0.391. The van der Waals surface area contributed by atoms with E-state index in [0.29, 0.717) is 34.5 Å². The van der Waals surface area contributed by atoms with Crippen LogP contribution >= 0.6 is 0 Å². The van der Waals surface area contributed by atoms with Crippen LogP contribution in [-0.4, -0.2) is 57.6 Å². The van der Waals surface area contributed by atoms with Gasteiger partial charge in [-0.25, -0.2) is 23.4 Å². The van der Waals surface area contributed by atoms with E-state index in [1.165, 1.54) is 14.2 Å². The molecule has 0 bridgehead atoms. The first-order chi connectivity index (χ1) is 17.8. The minimum atomic E-state index is -3.93.